The lowest BCUT2D eigenvalue weighted by atomic mass is 10.1. The summed E-state index contributed by atoms with van der Waals surface area (Å²) in [5.74, 6) is 0.633. The van der Waals surface area contributed by atoms with Crippen LogP contribution in [-0.2, 0) is 7.05 Å². The van der Waals surface area contributed by atoms with Gasteiger partial charge in [-0.3, -0.25) is 9.69 Å². The van der Waals surface area contributed by atoms with Crippen LogP contribution in [0.25, 0.3) is 0 Å². The molecule has 1 N–H and O–H groups in total. The van der Waals surface area contributed by atoms with Crippen molar-refractivity contribution in [2.24, 2.45) is 7.05 Å². The number of hydrogen-bond donors (Lipinski definition) is 1. The van der Waals surface area contributed by atoms with Gasteiger partial charge in [-0.15, -0.1) is 0 Å². The number of rotatable bonds is 6. The summed E-state index contributed by atoms with van der Waals surface area (Å²) in [6.07, 6.45) is 4.51. The van der Waals surface area contributed by atoms with Crippen LogP contribution in [0.4, 0.5) is 0 Å². The summed E-state index contributed by atoms with van der Waals surface area (Å²) in [4.78, 5) is 15.0. The van der Waals surface area contributed by atoms with Gasteiger partial charge in [0.05, 0.1) is 13.2 Å². The zero-order valence-corrected chi connectivity index (χ0v) is 14.4. The van der Waals surface area contributed by atoms with Gasteiger partial charge in [-0.1, -0.05) is 6.07 Å². The average Bonchev–Trinajstić information content (AvgIpc) is 3.28. The average molecular weight is 327 g/mol. The first-order chi connectivity index (χ1) is 11.7. The molecule has 0 saturated carbocycles. The third-order valence-corrected chi connectivity index (χ3v) is 4.69. The maximum Gasteiger partial charge on any atom is 0.251 e. The minimum atomic E-state index is -0.0627. The minimum Gasteiger partial charge on any atom is -0.497 e. The van der Waals surface area contributed by atoms with E-state index in [1.807, 2.05) is 18.2 Å². The van der Waals surface area contributed by atoms with Crippen LogP contribution < -0.4 is 10.1 Å². The number of nitrogens with zero attached hydrogens (tertiary/aromatic N) is 2. The van der Waals surface area contributed by atoms with Gasteiger partial charge in [0.2, 0.25) is 0 Å². The van der Waals surface area contributed by atoms with Crippen molar-refractivity contribution in [3.63, 3.8) is 0 Å². The molecule has 1 aromatic carbocycles. The van der Waals surface area contributed by atoms with Crippen molar-refractivity contribution in [3.05, 3.63) is 53.9 Å². The molecule has 1 aliphatic rings. The number of carbonyl (C=O) groups excluding carboxylic acids is 1. The number of hydrogen-bond acceptors (Lipinski definition) is 3. The molecule has 1 aliphatic heterocycles. The van der Waals surface area contributed by atoms with Crippen LogP contribution in [0.1, 0.15) is 34.9 Å². The summed E-state index contributed by atoms with van der Waals surface area (Å²) in [5, 5.41) is 3.09. The fourth-order valence-electron chi connectivity index (χ4n) is 3.35. The van der Waals surface area contributed by atoms with E-state index in [9.17, 15) is 4.79 Å². The van der Waals surface area contributed by atoms with Crippen molar-refractivity contribution < 1.29 is 9.53 Å². The van der Waals surface area contributed by atoms with Crippen LogP contribution in [0.3, 0.4) is 0 Å². The van der Waals surface area contributed by atoms with Gasteiger partial charge >= 0.3 is 0 Å². The predicted octanol–water partition coefficient (Wildman–Crippen LogP) is 2.60. The van der Waals surface area contributed by atoms with Gasteiger partial charge in [-0.05, 0) is 56.3 Å². The van der Waals surface area contributed by atoms with Crippen LogP contribution in [0, 0.1) is 0 Å². The van der Waals surface area contributed by atoms with E-state index in [0.29, 0.717) is 17.9 Å². The van der Waals surface area contributed by atoms with Gasteiger partial charge in [0.15, 0.2) is 0 Å². The van der Waals surface area contributed by atoms with Gasteiger partial charge in [0, 0.05) is 31.0 Å². The summed E-state index contributed by atoms with van der Waals surface area (Å²) >= 11 is 0. The van der Waals surface area contributed by atoms with Crippen LogP contribution in [0.5, 0.6) is 5.75 Å². The molecule has 128 valence electrons. The monoisotopic (exact) mass is 327 g/mol. The van der Waals surface area contributed by atoms with Gasteiger partial charge < -0.3 is 14.6 Å². The first kappa shape index (κ1) is 16.6. The maximum absolute atomic E-state index is 12.5. The molecule has 1 saturated heterocycles. The Morgan fingerprint density at radius 3 is 2.71 bits per heavy atom. The minimum absolute atomic E-state index is 0.0627. The van der Waals surface area contributed by atoms with Crippen molar-refractivity contribution in [1.29, 1.82) is 0 Å². The molecule has 0 spiro atoms. The highest BCUT2D eigenvalue weighted by atomic mass is 16.5. The van der Waals surface area contributed by atoms with Crippen molar-refractivity contribution in [1.82, 2.24) is 14.8 Å². The quantitative estimate of drug-likeness (QED) is 0.887. The number of methoxy groups -OCH3 is 1. The number of ether oxygens (including phenoxy) is 1. The molecule has 24 heavy (non-hydrogen) atoms. The molecule has 5 heteroatoms. The van der Waals surface area contributed by atoms with E-state index in [0.717, 1.165) is 13.1 Å². The highest BCUT2D eigenvalue weighted by Crippen LogP contribution is 2.24. The number of benzene rings is 1. The van der Waals surface area contributed by atoms with Crippen LogP contribution in [0.2, 0.25) is 0 Å². The summed E-state index contributed by atoms with van der Waals surface area (Å²) in [5.41, 5.74) is 1.87. The lowest BCUT2D eigenvalue weighted by Crippen LogP contribution is -2.37. The van der Waals surface area contributed by atoms with Gasteiger partial charge in [0.1, 0.15) is 5.75 Å². The second-order valence-corrected chi connectivity index (χ2v) is 6.24. The van der Waals surface area contributed by atoms with Crippen LogP contribution in [0.15, 0.2) is 42.6 Å². The third-order valence-electron chi connectivity index (χ3n) is 4.69. The summed E-state index contributed by atoms with van der Waals surface area (Å²) in [7, 11) is 3.66. The SMILES string of the molecule is COc1cccc(C(=O)NCC(c2cccn2C)N2CCCC2)c1. The van der Waals surface area contributed by atoms with Gasteiger partial charge in [-0.25, -0.2) is 0 Å². The zero-order valence-electron chi connectivity index (χ0n) is 14.4. The largest absolute Gasteiger partial charge is 0.497 e. The lowest BCUT2D eigenvalue weighted by molar-refractivity contribution is 0.0936. The van der Waals surface area contributed by atoms with Gasteiger partial charge in [-0.2, -0.15) is 0 Å². The number of aryl methyl sites for hydroxylation is 1. The fourth-order valence-corrected chi connectivity index (χ4v) is 3.35. The molecule has 3 rings (SSSR count). The second kappa shape index (κ2) is 7.53. The van der Waals surface area contributed by atoms with E-state index in [1.54, 1.807) is 13.2 Å². The first-order valence-electron chi connectivity index (χ1n) is 8.46. The highest BCUT2D eigenvalue weighted by Gasteiger charge is 2.25. The molecule has 1 unspecified atom stereocenters. The number of amides is 1. The van der Waals surface area contributed by atoms with Crippen molar-refractivity contribution in [2.75, 3.05) is 26.7 Å². The van der Waals surface area contributed by atoms with Gasteiger partial charge in [0.25, 0.3) is 5.91 Å². The Bertz CT molecular complexity index is 689. The van der Waals surface area contributed by atoms with Crippen molar-refractivity contribution in [2.45, 2.75) is 18.9 Å². The molecular formula is C19H25N3O2. The molecule has 0 radical (unpaired) electrons. The second-order valence-electron chi connectivity index (χ2n) is 6.24. The molecule has 2 aromatic rings. The topological polar surface area (TPSA) is 46.5 Å². The Labute approximate surface area is 143 Å². The smallest absolute Gasteiger partial charge is 0.251 e. The van der Waals surface area contributed by atoms with Crippen molar-refractivity contribution in [3.8, 4) is 5.75 Å². The Balaban J connectivity index is 1.71. The standard InChI is InChI=1S/C19H25N3O2/c1-21-10-6-9-17(21)18(22-11-3-4-12-22)14-20-19(23)15-7-5-8-16(13-15)24-2/h5-10,13,18H,3-4,11-12,14H2,1-2H3,(H,20,23). The van der Waals surface area contributed by atoms with E-state index < -0.39 is 0 Å². The molecule has 0 bridgehead atoms. The molecule has 1 amide bonds. The van der Waals surface area contributed by atoms with E-state index in [1.165, 1.54) is 18.5 Å². The lowest BCUT2D eigenvalue weighted by Gasteiger charge is -2.28. The van der Waals surface area contributed by atoms with E-state index in [2.05, 4.69) is 40.2 Å². The van der Waals surface area contributed by atoms with E-state index in [-0.39, 0.29) is 11.9 Å². The zero-order chi connectivity index (χ0) is 16.9. The number of nitrogens with one attached hydrogen (secondary N) is 1. The Kier molecular flexibility index (Phi) is 5.20. The highest BCUT2D eigenvalue weighted by molar-refractivity contribution is 5.94. The van der Waals surface area contributed by atoms with Crippen molar-refractivity contribution >= 4 is 5.91 Å². The van der Waals surface area contributed by atoms with E-state index in [4.69, 9.17) is 4.74 Å². The fraction of sp³-hybridized carbons (Fsp3) is 0.421. The normalized spacial score (nSPS) is 16.1. The Morgan fingerprint density at radius 1 is 1.25 bits per heavy atom. The molecule has 1 fully saturated rings. The molecule has 1 atom stereocenters. The van der Waals surface area contributed by atoms with Crippen LogP contribution in [-0.4, -0.2) is 42.1 Å². The van der Waals surface area contributed by atoms with E-state index >= 15 is 0 Å². The Hall–Kier alpha value is -2.27. The third kappa shape index (κ3) is 3.62. The molecular weight excluding hydrogens is 302 g/mol. The number of carbonyl (C=O) groups is 1. The Morgan fingerprint density at radius 2 is 2.04 bits per heavy atom. The molecule has 2 heterocycles. The summed E-state index contributed by atoms with van der Waals surface area (Å²) < 4.78 is 7.33. The van der Waals surface area contributed by atoms with Crippen LogP contribution >= 0.6 is 0 Å². The number of aromatic nitrogens is 1. The molecule has 1 aromatic heterocycles. The maximum atomic E-state index is 12.5. The summed E-state index contributed by atoms with van der Waals surface area (Å²) in [6.45, 7) is 2.78. The summed E-state index contributed by atoms with van der Waals surface area (Å²) in [6, 6.07) is 11.7. The molecule has 0 aliphatic carbocycles. The first-order valence-corrected chi connectivity index (χ1v) is 8.46. The predicted molar refractivity (Wildman–Crippen MR) is 94.3 cm³/mol. The number of likely N-dealkylation sites (tertiary alicyclic amines) is 1. The molecule has 5 nitrogen and oxygen atoms in total.